The molecule has 144 valence electrons. The highest BCUT2D eigenvalue weighted by molar-refractivity contribution is 8.14. The molecule has 0 N–H and O–H groups in total. The van der Waals surface area contributed by atoms with Crippen LogP contribution in [0.3, 0.4) is 0 Å². The van der Waals surface area contributed by atoms with Crippen molar-refractivity contribution in [3.05, 3.63) is 78.1 Å². The zero-order valence-corrected chi connectivity index (χ0v) is 16.9. The maximum absolute atomic E-state index is 14.2. The van der Waals surface area contributed by atoms with Gasteiger partial charge in [0.05, 0.1) is 10.5 Å². The largest absolute Gasteiger partial charge is 0.423 e. The van der Waals surface area contributed by atoms with Gasteiger partial charge in [0, 0.05) is 4.90 Å². The lowest BCUT2D eigenvalue weighted by molar-refractivity contribution is -0.108. The topological polar surface area (TPSA) is 60.4 Å². The number of rotatable bonds is 6. The van der Waals surface area contributed by atoms with Gasteiger partial charge in [0.2, 0.25) is 10.2 Å². The predicted molar refractivity (Wildman–Crippen MR) is 109 cm³/mol. The number of halogens is 1. The monoisotopic (exact) mass is 416 g/mol. The van der Waals surface area contributed by atoms with Crippen LogP contribution in [-0.2, 0) is 9.59 Å². The van der Waals surface area contributed by atoms with Crippen molar-refractivity contribution in [1.82, 2.24) is 0 Å². The van der Waals surface area contributed by atoms with Crippen LogP contribution in [0.5, 0.6) is 5.75 Å². The van der Waals surface area contributed by atoms with E-state index in [1.807, 2.05) is 0 Å². The zero-order valence-electron chi connectivity index (χ0n) is 15.3. The molecule has 0 aliphatic carbocycles. The summed E-state index contributed by atoms with van der Waals surface area (Å²) in [5.41, 5.74) is 0.758. The van der Waals surface area contributed by atoms with Crippen molar-refractivity contribution >= 4 is 39.7 Å². The van der Waals surface area contributed by atoms with Crippen molar-refractivity contribution in [3.8, 4) is 5.75 Å². The molecule has 4 nitrogen and oxygen atoms in total. The zero-order chi connectivity index (χ0) is 20.8. The van der Waals surface area contributed by atoms with Crippen molar-refractivity contribution in [1.29, 1.82) is 0 Å². The average molecular weight is 416 g/mol. The Balaban J connectivity index is 2.05. The first-order valence-electron chi connectivity index (χ1n) is 8.04. The fraction of sp³-hybridized carbons (Fsp3) is 0.0952. The smallest absolute Gasteiger partial charge is 0.343 e. The van der Waals surface area contributed by atoms with Crippen LogP contribution in [0.15, 0.2) is 76.6 Å². The summed E-state index contributed by atoms with van der Waals surface area (Å²) >= 11 is 1.73. The van der Waals surface area contributed by atoms with Crippen molar-refractivity contribution in [2.45, 2.75) is 23.6 Å². The summed E-state index contributed by atoms with van der Waals surface area (Å²) in [6.07, 6.45) is 0. The molecule has 0 aromatic heterocycles. The lowest BCUT2D eigenvalue weighted by atomic mass is 10.2. The Hall–Kier alpha value is -2.64. The first-order valence-corrected chi connectivity index (χ1v) is 9.68. The molecule has 0 atom stereocenters. The van der Waals surface area contributed by atoms with E-state index in [1.54, 1.807) is 19.1 Å². The quantitative estimate of drug-likeness (QED) is 0.271. The first kappa shape index (κ1) is 21.7. The van der Waals surface area contributed by atoms with E-state index in [2.05, 4.69) is 13.2 Å². The van der Waals surface area contributed by atoms with Gasteiger partial charge < -0.3 is 4.74 Å². The summed E-state index contributed by atoms with van der Waals surface area (Å²) in [6, 6.07) is 10.1. The van der Waals surface area contributed by atoms with E-state index in [0.717, 1.165) is 17.8 Å². The molecule has 0 spiro atoms. The fourth-order valence-corrected chi connectivity index (χ4v) is 3.16. The molecule has 0 saturated carbocycles. The SMILES string of the molecule is C=C(C)C(=O)Sc1ccc(OC(=O)c2ccc(SC(=O)C(=C)C)c(F)c2)cc1. The van der Waals surface area contributed by atoms with Gasteiger partial charge in [-0.05, 0) is 91.0 Å². The molecule has 0 amide bonds. The van der Waals surface area contributed by atoms with Crippen LogP contribution in [0.4, 0.5) is 4.39 Å². The molecule has 7 heteroatoms. The molecule has 0 saturated heterocycles. The normalized spacial score (nSPS) is 10.2. The molecule has 0 bridgehead atoms. The van der Waals surface area contributed by atoms with E-state index in [-0.39, 0.29) is 26.4 Å². The van der Waals surface area contributed by atoms with Crippen LogP contribution >= 0.6 is 23.5 Å². The summed E-state index contributed by atoms with van der Waals surface area (Å²) in [7, 11) is 0. The Morgan fingerprint density at radius 2 is 1.46 bits per heavy atom. The molecule has 2 aromatic carbocycles. The van der Waals surface area contributed by atoms with Crippen LogP contribution in [0, 0.1) is 5.82 Å². The van der Waals surface area contributed by atoms with Gasteiger partial charge in [-0.2, -0.15) is 0 Å². The van der Waals surface area contributed by atoms with Gasteiger partial charge in [-0.1, -0.05) is 13.2 Å². The lowest BCUT2D eigenvalue weighted by Gasteiger charge is -2.07. The number of carbonyl (C=O) groups excluding carboxylic acids is 3. The summed E-state index contributed by atoms with van der Waals surface area (Å²) < 4.78 is 19.4. The Kier molecular flexibility index (Phi) is 7.37. The highest BCUT2D eigenvalue weighted by Gasteiger charge is 2.15. The van der Waals surface area contributed by atoms with Crippen LogP contribution in [0.25, 0.3) is 0 Å². The van der Waals surface area contributed by atoms with Gasteiger partial charge >= 0.3 is 5.97 Å². The third-order valence-electron chi connectivity index (χ3n) is 3.31. The summed E-state index contributed by atoms with van der Waals surface area (Å²) in [4.78, 5) is 36.3. The van der Waals surface area contributed by atoms with Gasteiger partial charge in [0.1, 0.15) is 11.6 Å². The number of thioether (sulfide) groups is 2. The highest BCUT2D eigenvalue weighted by Crippen LogP contribution is 2.27. The summed E-state index contributed by atoms with van der Waals surface area (Å²) in [5.74, 6) is -1.17. The number of carbonyl (C=O) groups is 3. The number of hydrogen-bond donors (Lipinski definition) is 0. The fourth-order valence-electron chi connectivity index (χ4n) is 1.83. The molecular weight excluding hydrogens is 399 g/mol. The second-order valence-electron chi connectivity index (χ2n) is 5.85. The van der Waals surface area contributed by atoms with Crippen molar-refractivity contribution in [2.75, 3.05) is 0 Å². The first-order chi connectivity index (χ1) is 13.2. The second-order valence-corrected chi connectivity index (χ2v) is 7.91. The molecule has 0 fully saturated rings. The molecule has 2 aromatic rings. The van der Waals surface area contributed by atoms with Crippen molar-refractivity contribution < 1.29 is 23.5 Å². The minimum atomic E-state index is -0.736. The Bertz CT molecular complexity index is 965. The van der Waals surface area contributed by atoms with Crippen molar-refractivity contribution in [2.24, 2.45) is 0 Å². The third-order valence-corrected chi connectivity index (χ3v) is 5.44. The third kappa shape index (κ3) is 5.94. The standard InChI is InChI=1S/C21H17FO4S2/c1-12(2)20(24)27-16-8-6-15(7-9-16)26-19(23)14-5-10-18(17(22)11-14)28-21(25)13(3)4/h5-11H,1,3H2,2,4H3. The molecule has 0 aliphatic rings. The average Bonchev–Trinajstić information content (AvgIpc) is 2.64. The van der Waals surface area contributed by atoms with E-state index in [1.165, 1.54) is 31.2 Å². The van der Waals surface area contributed by atoms with Crippen molar-refractivity contribution in [3.63, 3.8) is 0 Å². The minimum Gasteiger partial charge on any atom is -0.423 e. The second kappa shape index (κ2) is 9.52. The molecule has 0 heterocycles. The van der Waals surface area contributed by atoms with E-state index < -0.39 is 11.8 Å². The van der Waals surface area contributed by atoms with Gasteiger partial charge in [-0.3, -0.25) is 9.59 Å². The minimum absolute atomic E-state index is 0.0144. The maximum atomic E-state index is 14.2. The molecule has 28 heavy (non-hydrogen) atoms. The lowest BCUT2D eigenvalue weighted by Crippen LogP contribution is -2.09. The maximum Gasteiger partial charge on any atom is 0.343 e. The van der Waals surface area contributed by atoms with Gasteiger partial charge in [0.15, 0.2) is 0 Å². The van der Waals surface area contributed by atoms with Crippen LogP contribution in [0.2, 0.25) is 0 Å². The number of hydrogen-bond acceptors (Lipinski definition) is 6. The van der Waals surface area contributed by atoms with Crippen LogP contribution in [0.1, 0.15) is 24.2 Å². The highest BCUT2D eigenvalue weighted by atomic mass is 32.2. The number of esters is 1. The van der Waals surface area contributed by atoms with E-state index in [4.69, 9.17) is 4.74 Å². The molecular formula is C21H17FO4S2. The summed E-state index contributed by atoms with van der Waals surface area (Å²) in [5, 5.41) is -0.499. The Morgan fingerprint density at radius 1 is 0.893 bits per heavy atom. The number of benzene rings is 2. The molecule has 0 radical (unpaired) electrons. The molecule has 0 aliphatic heterocycles. The van der Waals surface area contributed by atoms with Gasteiger partial charge in [-0.25, -0.2) is 9.18 Å². The Labute approximate surface area is 170 Å². The van der Waals surface area contributed by atoms with E-state index in [9.17, 15) is 18.8 Å². The van der Waals surface area contributed by atoms with Gasteiger partial charge in [0.25, 0.3) is 0 Å². The van der Waals surface area contributed by atoms with Crippen LogP contribution < -0.4 is 4.74 Å². The Morgan fingerprint density at radius 3 is 2.00 bits per heavy atom. The van der Waals surface area contributed by atoms with Crippen LogP contribution in [-0.4, -0.2) is 16.2 Å². The summed E-state index contributed by atoms with van der Waals surface area (Å²) in [6.45, 7) is 10.3. The molecule has 0 unspecified atom stereocenters. The van der Waals surface area contributed by atoms with Gasteiger partial charge in [-0.15, -0.1) is 0 Å². The van der Waals surface area contributed by atoms with E-state index in [0.29, 0.717) is 27.8 Å². The predicted octanol–water partition coefficient (Wildman–Crippen LogP) is 5.43. The van der Waals surface area contributed by atoms with E-state index >= 15 is 0 Å². The molecule has 2 rings (SSSR count). The number of ether oxygens (including phenoxy) is 1.